The predicted octanol–water partition coefficient (Wildman–Crippen LogP) is 0.339. The number of thiazole rings is 1. The SMILES string of the molecule is Cc1nc(C)c(C(C)NC(=O)C(=O)NCC(N)=S)s1. The van der Waals surface area contributed by atoms with E-state index in [0.717, 1.165) is 15.6 Å². The zero-order valence-corrected chi connectivity index (χ0v) is 12.6. The van der Waals surface area contributed by atoms with Gasteiger partial charge in [0.1, 0.15) is 0 Å². The molecule has 0 radical (unpaired) electrons. The molecule has 1 unspecified atom stereocenters. The van der Waals surface area contributed by atoms with Crippen molar-refractivity contribution in [2.45, 2.75) is 26.8 Å². The molecule has 0 aliphatic heterocycles. The van der Waals surface area contributed by atoms with Crippen LogP contribution in [0.2, 0.25) is 0 Å². The minimum atomic E-state index is -0.751. The molecule has 0 spiro atoms. The lowest BCUT2D eigenvalue weighted by molar-refractivity contribution is -0.139. The number of thiocarbonyl (C=S) groups is 1. The first kappa shape index (κ1) is 15.5. The van der Waals surface area contributed by atoms with Crippen molar-refractivity contribution in [2.24, 2.45) is 5.73 Å². The number of carbonyl (C=O) groups is 2. The van der Waals surface area contributed by atoms with Gasteiger partial charge in [0.15, 0.2) is 0 Å². The summed E-state index contributed by atoms with van der Waals surface area (Å²) in [6.45, 7) is 5.58. The van der Waals surface area contributed by atoms with Crippen LogP contribution in [-0.2, 0) is 9.59 Å². The van der Waals surface area contributed by atoms with Crippen molar-refractivity contribution in [1.29, 1.82) is 0 Å². The molecule has 1 atom stereocenters. The van der Waals surface area contributed by atoms with Crippen molar-refractivity contribution in [3.8, 4) is 0 Å². The molecular weight excluding hydrogens is 284 g/mol. The summed E-state index contributed by atoms with van der Waals surface area (Å²) in [6.07, 6.45) is 0. The third-order valence-corrected chi connectivity index (χ3v) is 3.71. The summed E-state index contributed by atoms with van der Waals surface area (Å²) in [4.78, 5) is 28.4. The lowest BCUT2D eigenvalue weighted by atomic mass is 10.2. The van der Waals surface area contributed by atoms with E-state index in [0.29, 0.717) is 0 Å². The smallest absolute Gasteiger partial charge is 0.309 e. The molecule has 1 aromatic heterocycles. The first-order valence-corrected chi connectivity index (χ1v) is 6.84. The van der Waals surface area contributed by atoms with Crippen LogP contribution >= 0.6 is 23.6 Å². The average molecular weight is 300 g/mol. The minimum absolute atomic E-state index is 0.00859. The lowest BCUT2D eigenvalue weighted by Gasteiger charge is -2.12. The quantitative estimate of drug-likeness (QED) is 0.550. The van der Waals surface area contributed by atoms with Crippen LogP contribution in [0.5, 0.6) is 0 Å². The summed E-state index contributed by atoms with van der Waals surface area (Å²) in [5, 5.41) is 5.86. The Morgan fingerprint density at radius 1 is 1.42 bits per heavy atom. The number of hydrogen-bond donors (Lipinski definition) is 3. The molecule has 4 N–H and O–H groups in total. The maximum atomic E-state index is 11.6. The topological polar surface area (TPSA) is 97.1 Å². The molecule has 8 heteroatoms. The van der Waals surface area contributed by atoms with Crippen molar-refractivity contribution in [3.63, 3.8) is 0 Å². The third-order valence-electron chi connectivity index (χ3n) is 2.31. The number of amides is 2. The summed E-state index contributed by atoms with van der Waals surface area (Å²) in [5.41, 5.74) is 6.09. The van der Waals surface area contributed by atoms with Gasteiger partial charge in [-0.05, 0) is 20.8 Å². The summed E-state index contributed by atoms with van der Waals surface area (Å²) in [6, 6.07) is -0.269. The molecule has 0 saturated carbocycles. The molecule has 0 bridgehead atoms. The Bertz CT molecular complexity index is 513. The van der Waals surface area contributed by atoms with Gasteiger partial charge in [0.2, 0.25) is 0 Å². The standard InChI is InChI=1S/C11H16N4O2S2/c1-5-9(19-7(3)14-5)6(2)15-11(17)10(16)13-4-8(12)18/h6H,4H2,1-3H3,(H2,12,18)(H,13,16)(H,15,17). The van der Waals surface area contributed by atoms with E-state index in [1.807, 2.05) is 13.8 Å². The number of rotatable bonds is 4. The number of nitrogens with two attached hydrogens (primary N) is 1. The van der Waals surface area contributed by atoms with Gasteiger partial charge >= 0.3 is 11.8 Å². The Morgan fingerprint density at radius 3 is 2.53 bits per heavy atom. The highest BCUT2D eigenvalue weighted by Gasteiger charge is 2.19. The zero-order chi connectivity index (χ0) is 14.6. The predicted molar refractivity (Wildman–Crippen MR) is 77.9 cm³/mol. The van der Waals surface area contributed by atoms with Crippen LogP contribution in [-0.4, -0.2) is 28.3 Å². The summed E-state index contributed by atoms with van der Waals surface area (Å²) in [7, 11) is 0. The molecule has 0 aromatic carbocycles. The Kier molecular flexibility index (Phi) is 5.37. The van der Waals surface area contributed by atoms with Gasteiger partial charge in [0.05, 0.1) is 28.3 Å². The fraction of sp³-hybridized carbons (Fsp3) is 0.455. The number of nitrogens with zero attached hydrogens (tertiary/aromatic N) is 1. The van der Waals surface area contributed by atoms with Crippen molar-refractivity contribution in [2.75, 3.05) is 6.54 Å². The maximum absolute atomic E-state index is 11.6. The fourth-order valence-corrected chi connectivity index (χ4v) is 2.53. The highest BCUT2D eigenvalue weighted by molar-refractivity contribution is 7.80. The maximum Gasteiger partial charge on any atom is 0.309 e. The molecular formula is C11H16N4O2S2. The molecule has 1 heterocycles. The minimum Gasteiger partial charge on any atom is -0.392 e. The average Bonchev–Trinajstić information content (AvgIpc) is 2.65. The van der Waals surface area contributed by atoms with E-state index in [2.05, 4.69) is 27.8 Å². The molecule has 0 fully saturated rings. The highest BCUT2D eigenvalue weighted by Crippen LogP contribution is 2.24. The molecule has 104 valence electrons. The Morgan fingerprint density at radius 2 is 2.05 bits per heavy atom. The first-order valence-electron chi connectivity index (χ1n) is 5.62. The Balaban J connectivity index is 2.59. The summed E-state index contributed by atoms with van der Waals surface area (Å²) in [5.74, 6) is -1.47. The summed E-state index contributed by atoms with van der Waals surface area (Å²) >= 11 is 6.11. The van der Waals surface area contributed by atoms with Crippen LogP contribution in [0.4, 0.5) is 0 Å². The van der Waals surface area contributed by atoms with E-state index in [1.54, 1.807) is 6.92 Å². The largest absolute Gasteiger partial charge is 0.392 e. The van der Waals surface area contributed by atoms with E-state index in [9.17, 15) is 9.59 Å². The van der Waals surface area contributed by atoms with Gasteiger partial charge in [0, 0.05) is 4.88 Å². The van der Waals surface area contributed by atoms with E-state index in [-0.39, 0.29) is 17.6 Å². The van der Waals surface area contributed by atoms with Crippen molar-refractivity contribution in [1.82, 2.24) is 15.6 Å². The number of aryl methyl sites for hydroxylation is 2. The van der Waals surface area contributed by atoms with Gasteiger partial charge in [-0.2, -0.15) is 0 Å². The molecule has 1 rings (SSSR count). The van der Waals surface area contributed by atoms with E-state index < -0.39 is 11.8 Å². The second kappa shape index (κ2) is 6.58. The van der Waals surface area contributed by atoms with Gasteiger partial charge < -0.3 is 16.4 Å². The molecule has 0 aliphatic carbocycles. The molecule has 6 nitrogen and oxygen atoms in total. The van der Waals surface area contributed by atoms with Gasteiger partial charge in [-0.15, -0.1) is 11.3 Å². The summed E-state index contributed by atoms with van der Waals surface area (Å²) < 4.78 is 0. The van der Waals surface area contributed by atoms with Crippen LogP contribution in [0.3, 0.4) is 0 Å². The van der Waals surface area contributed by atoms with Crippen LogP contribution in [0.1, 0.15) is 28.5 Å². The number of nitrogens with one attached hydrogen (secondary N) is 2. The Hall–Kier alpha value is -1.54. The molecule has 0 aliphatic rings. The second-order valence-corrected chi connectivity index (χ2v) is 5.79. The zero-order valence-electron chi connectivity index (χ0n) is 10.9. The van der Waals surface area contributed by atoms with E-state index >= 15 is 0 Å². The second-order valence-electron chi connectivity index (χ2n) is 4.03. The van der Waals surface area contributed by atoms with Crippen LogP contribution in [0, 0.1) is 13.8 Å². The Labute approximate surface area is 120 Å². The normalized spacial score (nSPS) is 11.7. The van der Waals surface area contributed by atoms with Gasteiger partial charge in [-0.25, -0.2) is 4.98 Å². The van der Waals surface area contributed by atoms with Crippen molar-refractivity contribution < 1.29 is 9.59 Å². The van der Waals surface area contributed by atoms with Crippen LogP contribution in [0.25, 0.3) is 0 Å². The molecule has 1 aromatic rings. The highest BCUT2D eigenvalue weighted by atomic mass is 32.1. The van der Waals surface area contributed by atoms with Gasteiger partial charge in [0.25, 0.3) is 0 Å². The molecule has 0 saturated heterocycles. The fourth-order valence-electron chi connectivity index (χ4n) is 1.52. The van der Waals surface area contributed by atoms with Crippen molar-refractivity contribution >= 4 is 40.4 Å². The van der Waals surface area contributed by atoms with Crippen molar-refractivity contribution in [3.05, 3.63) is 15.6 Å². The molecule has 19 heavy (non-hydrogen) atoms. The monoisotopic (exact) mass is 300 g/mol. The van der Waals surface area contributed by atoms with Gasteiger partial charge in [-0.1, -0.05) is 12.2 Å². The van der Waals surface area contributed by atoms with Crippen LogP contribution in [0.15, 0.2) is 0 Å². The van der Waals surface area contributed by atoms with E-state index in [1.165, 1.54) is 11.3 Å². The van der Waals surface area contributed by atoms with E-state index in [4.69, 9.17) is 5.73 Å². The van der Waals surface area contributed by atoms with Crippen LogP contribution < -0.4 is 16.4 Å². The number of aromatic nitrogens is 1. The third kappa shape index (κ3) is 4.56. The number of hydrogen-bond acceptors (Lipinski definition) is 5. The lowest BCUT2D eigenvalue weighted by Crippen LogP contribution is -2.43. The van der Waals surface area contributed by atoms with Gasteiger partial charge in [-0.3, -0.25) is 9.59 Å². The molecule has 2 amide bonds. The number of carbonyl (C=O) groups excluding carboxylic acids is 2. The first-order chi connectivity index (χ1) is 8.81.